The Labute approximate surface area is 125 Å². The summed E-state index contributed by atoms with van der Waals surface area (Å²) >= 11 is 6.19. The molecule has 2 rings (SSSR count). The van der Waals surface area contributed by atoms with Gasteiger partial charge in [-0.05, 0) is 19.8 Å². The largest absolute Gasteiger partial charge is 0.340 e. The normalized spacial score (nSPS) is 21.0. The molecule has 0 aliphatic carbocycles. The van der Waals surface area contributed by atoms with Crippen molar-refractivity contribution in [3.8, 4) is 0 Å². The number of H-pyrrole nitrogens is 1. The molecule has 6 heteroatoms. The molecule has 2 heterocycles. The second kappa shape index (κ2) is 6.14. The Balaban J connectivity index is 2.02. The monoisotopic (exact) mass is 298 g/mol. The summed E-state index contributed by atoms with van der Waals surface area (Å²) in [6, 6.07) is -0.115. The Morgan fingerprint density at radius 2 is 2.15 bits per heavy atom. The van der Waals surface area contributed by atoms with Crippen molar-refractivity contribution in [3.05, 3.63) is 16.4 Å². The summed E-state index contributed by atoms with van der Waals surface area (Å²) < 4.78 is 0. The van der Waals surface area contributed by atoms with Crippen molar-refractivity contribution in [1.82, 2.24) is 20.0 Å². The Morgan fingerprint density at radius 3 is 2.70 bits per heavy atom. The molecule has 0 spiro atoms. The molecule has 1 amide bonds. The fourth-order valence-electron chi connectivity index (χ4n) is 2.57. The molecule has 0 radical (unpaired) electrons. The molecule has 20 heavy (non-hydrogen) atoms. The number of aromatic nitrogens is 2. The Morgan fingerprint density at radius 1 is 1.45 bits per heavy atom. The van der Waals surface area contributed by atoms with E-state index in [4.69, 9.17) is 11.6 Å². The number of hydrogen-bond donors (Lipinski definition) is 1. The van der Waals surface area contributed by atoms with E-state index in [2.05, 4.69) is 28.9 Å². The topological polar surface area (TPSA) is 52.2 Å². The van der Waals surface area contributed by atoms with Gasteiger partial charge in [0.1, 0.15) is 0 Å². The van der Waals surface area contributed by atoms with Crippen LogP contribution in [-0.4, -0.2) is 51.6 Å². The lowest BCUT2D eigenvalue weighted by atomic mass is 10.1. The van der Waals surface area contributed by atoms with Gasteiger partial charge in [-0.2, -0.15) is 5.10 Å². The van der Waals surface area contributed by atoms with E-state index in [1.165, 1.54) is 0 Å². The number of aryl methyl sites for hydroxylation is 1. The SMILES string of the molecule is Cc1[nH]nc(CN2CCN(CC(C)C)C(=O)[C@H]2C)c1Cl. The average molecular weight is 299 g/mol. The van der Waals surface area contributed by atoms with Crippen LogP contribution in [0, 0.1) is 12.8 Å². The number of rotatable bonds is 4. The van der Waals surface area contributed by atoms with Crippen LogP contribution in [0.3, 0.4) is 0 Å². The number of piperazine rings is 1. The van der Waals surface area contributed by atoms with Gasteiger partial charge in [-0.25, -0.2) is 0 Å². The summed E-state index contributed by atoms with van der Waals surface area (Å²) in [7, 11) is 0. The third-order valence-corrected chi connectivity index (χ3v) is 4.26. The highest BCUT2D eigenvalue weighted by molar-refractivity contribution is 6.31. The van der Waals surface area contributed by atoms with Crippen LogP contribution in [0.25, 0.3) is 0 Å². The minimum absolute atomic E-state index is 0.115. The van der Waals surface area contributed by atoms with Gasteiger partial charge in [-0.15, -0.1) is 0 Å². The van der Waals surface area contributed by atoms with Gasteiger partial charge in [-0.3, -0.25) is 14.8 Å². The number of nitrogens with zero attached hydrogens (tertiary/aromatic N) is 3. The highest BCUT2D eigenvalue weighted by atomic mass is 35.5. The van der Waals surface area contributed by atoms with Crippen molar-refractivity contribution in [1.29, 1.82) is 0 Å². The summed E-state index contributed by atoms with van der Waals surface area (Å²) in [5.74, 6) is 0.703. The van der Waals surface area contributed by atoms with Crippen molar-refractivity contribution in [2.75, 3.05) is 19.6 Å². The van der Waals surface area contributed by atoms with Crippen molar-refractivity contribution in [3.63, 3.8) is 0 Å². The fraction of sp³-hybridized carbons (Fsp3) is 0.714. The predicted octanol–water partition coefficient (Wildman–Crippen LogP) is 2.06. The van der Waals surface area contributed by atoms with Crippen molar-refractivity contribution >= 4 is 17.5 Å². The number of nitrogens with one attached hydrogen (secondary N) is 1. The zero-order valence-corrected chi connectivity index (χ0v) is 13.4. The Bertz CT molecular complexity index is 486. The molecule has 1 N–H and O–H groups in total. The maximum Gasteiger partial charge on any atom is 0.239 e. The molecule has 0 saturated carbocycles. The first-order valence-electron chi connectivity index (χ1n) is 7.12. The van der Waals surface area contributed by atoms with E-state index in [9.17, 15) is 4.79 Å². The Kier molecular flexibility index (Phi) is 4.70. The van der Waals surface area contributed by atoms with Gasteiger partial charge in [-0.1, -0.05) is 25.4 Å². The van der Waals surface area contributed by atoms with Gasteiger partial charge < -0.3 is 4.90 Å². The zero-order chi connectivity index (χ0) is 14.9. The van der Waals surface area contributed by atoms with Crippen LogP contribution in [-0.2, 0) is 11.3 Å². The van der Waals surface area contributed by atoms with Crippen LogP contribution in [0.2, 0.25) is 5.02 Å². The molecule has 1 aromatic rings. The molecule has 1 saturated heterocycles. The summed E-state index contributed by atoms with van der Waals surface area (Å²) in [5.41, 5.74) is 1.69. The first-order valence-corrected chi connectivity index (χ1v) is 7.50. The molecule has 1 aromatic heterocycles. The van der Waals surface area contributed by atoms with Gasteiger partial charge in [0.15, 0.2) is 0 Å². The van der Waals surface area contributed by atoms with E-state index in [0.717, 1.165) is 31.0 Å². The first kappa shape index (κ1) is 15.3. The highest BCUT2D eigenvalue weighted by Gasteiger charge is 2.32. The smallest absolute Gasteiger partial charge is 0.239 e. The lowest BCUT2D eigenvalue weighted by Crippen LogP contribution is -2.56. The van der Waals surface area contributed by atoms with Crippen LogP contribution in [0.4, 0.5) is 0 Å². The third kappa shape index (κ3) is 3.15. The molecule has 1 aliphatic heterocycles. The summed E-state index contributed by atoms with van der Waals surface area (Å²) in [6.07, 6.45) is 0. The second-order valence-corrected chi connectivity index (χ2v) is 6.31. The second-order valence-electron chi connectivity index (χ2n) is 5.93. The van der Waals surface area contributed by atoms with Crippen molar-refractivity contribution in [2.24, 2.45) is 5.92 Å². The first-order chi connectivity index (χ1) is 9.40. The van der Waals surface area contributed by atoms with E-state index in [-0.39, 0.29) is 11.9 Å². The predicted molar refractivity (Wildman–Crippen MR) is 79.6 cm³/mol. The zero-order valence-electron chi connectivity index (χ0n) is 12.6. The van der Waals surface area contributed by atoms with Gasteiger partial charge in [0.2, 0.25) is 5.91 Å². The van der Waals surface area contributed by atoms with Crippen LogP contribution >= 0.6 is 11.6 Å². The number of halogens is 1. The molecule has 1 atom stereocenters. The molecule has 0 bridgehead atoms. The van der Waals surface area contributed by atoms with E-state index in [1.807, 2.05) is 18.7 Å². The number of carbonyl (C=O) groups is 1. The quantitative estimate of drug-likeness (QED) is 0.926. The summed E-state index contributed by atoms with van der Waals surface area (Å²) in [6.45, 7) is 11.2. The van der Waals surface area contributed by atoms with Gasteiger partial charge in [0, 0.05) is 26.2 Å². The van der Waals surface area contributed by atoms with E-state index < -0.39 is 0 Å². The minimum atomic E-state index is -0.115. The molecule has 1 aliphatic rings. The standard InChI is InChI=1S/C14H23ClN4O/c1-9(2)7-19-6-5-18(11(4)14(19)20)8-12-13(15)10(3)16-17-12/h9,11H,5-8H2,1-4H3,(H,16,17)/t11-/m1/s1. The van der Waals surface area contributed by atoms with Crippen molar-refractivity contribution < 1.29 is 4.79 Å². The molecular weight excluding hydrogens is 276 g/mol. The van der Waals surface area contributed by atoms with Crippen LogP contribution in [0.1, 0.15) is 32.2 Å². The number of aromatic amines is 1. The maximum absolute atomic E-state index is 12.4. The minimum Gasteiger partial charge on any atom is -0.340 e. The van der Waals surface area contributed by atoms with Gasteiger partial charge in [0.25, 0.3) is 0 Å². The van der Waals surface area contributed by atoms with Crippen LogP contribution < -0.4 is 0 Å². The molecule has 0 unspecified atom stereocenters. The van der Waals surface area contributed by atoms with E-state index >= 15 is 0 Å². The maximum atomic E-state index is 12.4. The average Bonchev–Trinajstić information content (AvgIpc) is 2.70. The summed E-state index contributed by atoms with van der Waals surface area (Å²) in [5, 5.41) is 7.77. The van der Waals surface area contributed by atoms with Gasteiger partial charge in [0.05, 0.1) is 22.5 Å². The fourth-order valence-corrected chi connectivity index (χ4v) is 2.72. The Hall–Kier alpha value is -1.07. The molecular formula is C14H23ClN4O. The molecule has 5 nitrogen and oxygen atoms in total. The van der Waals surface area contributed by atoms with Crippen LogP contribution in [0.5, 0.6) is 0 Å². The lowest BCUT2D eigenvalue weighted by Gasteiger charge is -2.39. The van der Waals surface area contributed by atoms with Crippen molar-refractivity contribution in [2.45, 2.75) is 40.3 Å². The molecule has 1 fully saturated rings. The highest BCUT2D eigenvalue weighted by Crippen LogP contribution is 2.21. The number of hydrogen-bond acceptors (Lipinski definition) is 3. The number of carbonyl (C=O) groups excluding carboxylic acids is 1. The third-order valence-electron chi connectivity index (χ3n) is 3.75. The lowest BCUT2D eigenvalue weighted by molar-refractivity contribution is -0.142. The molecule has 112 valence electrons. The summed E-state index contributed by atoms with van der Waals surface area (Å²) in [4.78, 5) is 16.5. The van der Waals surface area contributed by atoms with E-state index in [0.29, 0.717) is 17.5 Å². The number of amides is 1. The molecule has 0 aromatic carbocycles. The van der Waals surface area contributed by atoms with E-state index in [1.54, 1.807) is 0 Å². The van der Waals surface area contributed by atoms with Crippen LogP contribution in [0.15, 0.2) is 0 Å². The van der Waals surface area contributed by atoms with Gasteiger partial charge >= 0.3 is 0 Å².